The molecule has 0 unspecified atom stereocenters. The molecule has 15 heavy (non-hydrogen) atoms. The van der Waals surface area contributed by atoms with Crippen molar-refractivity contribution >= 4 is 11.6 Å². The number of nitrogens with one attached hydrogen (secondary N) is 1. The van der Waals surface area contributed by atoms with Crippen LogP contribution in [0.5, 0.6) is 5.75 Å². The van der Waals surface area contributed by atoms with Gasteiger partial charge in [-0.3, -0.25) is 4.79 Å². The van der Waals surface area contributed by atoms with Crippen LogP contribution >= 0.6 is 0 Å². The van der Waals surface area contributed by atoms with Gasteiger partial charge in [0.15, 0.2) is 0 Å². The molecule has 1 amide bonds. The number of aromatic hydroxyl groups is 1. The predicted molar refractivity (Wildman–Crippen MR) is 59.6 cm³/mol. The molecule has 82 valence electrons. The third kappa shape index (κ3) is 3.99. The standard InChI is InChI=1S/C11H16N2O2/c1-11(2,12)7-10(15)13-8-5-3-4-6-9(8)14/h3-6,14H,7,12H2,1-2H3,(H,13,15). The molecule has 1 aromatic carbocycles. The SMILES string of the molecule is CC(C)(N)CC(=O)Nc1ccccc1O. The van der Waals surface area contributed by atoms with E-state index in [0.717, 1.165) is 0 Å². The zero-order valence-electron chi connectivity index (χ0n) is 8.95. The van der Waals surface area contributed by atoms with Crippen LogP contribution in [-0.2, 0) is 4.79 Å². The second kappa shape index (κ2) is 4.31. The first-order valence-electron chi connectivity index (χ1n) is 4.75. The lowest BCUT2D eigenvalue weighted by Crippen LogP contribution is -2.36. The van der Waals surface area contributed by atoms with Crippen molar-refractivity contribution < 1.29 is 9.90 Å². The van der Waals surface area contributed by atoms with E-state index in [9.17, 15) is 9.90 Å². The smallest absolute Gasteiger partial charge is 0.226 e. The van der Waals surface area contributed by atoms with Gasteiger partial charge >= 0.3 is 0 Å². The average molecular weight is 208 g/mol. The third-order valence-electron chi connectivity index (χ3n) is 1.79. The quantitative estimate of drug-likeness (QED) is 0.658. The summed E-state index contributed by atoms with van der Waals surface area (Å²) in [5.74, 6) is -0.148. The largest absolute Gasteiger partial charge is 0.506 e. The molecule has 4 heteroatoms. The lowest BCUT2D eigenvalue weighted by molar-refractivity contribution is -0.117. The van der Waals surface area contributed by atoms with Gasteiger partial charge in [0.25, 0.3) is 0 Å². The molecule has 0 saturated carbocycles. The Balaban J connectivity index is 2.64. The topological polar surface area (TPSA) is 75.4 Å². The van der Waals surface area contributed by atoms with Gasteiger partial charge in [0, 0.05) is 12.0 Å². The molecule has 0 aliphatic heterocycles. The van der Waals surface area contributed by atoms with E-state index in [1.165, 1.54) is 6.07 Å². The van der Waals surface area contributed by atoms with E-state index in [1.807, 2.05) is 0 Å². The molecule has 1 rings (SSSR count). The zero-order chi connectivity index (χ0) is 11.5. The lowest BCUT2D eigenvalue weighted by atomic mass is 10.0. The summed E-state index contributed by atoms with van der Waals surface area (Å²) in [4.78, 5) is 11.5. The van der Waals surface area contributed by atoms with Crippen LogP contribution < -0.4 is 11.1 Å². The number of nitrogens with two attached hydrogens (primary N) is 1. The monoisotopic (exact) mass is 208 g/mol. The minimum atomic E-state index is -0.547. The first-order chi connectivity index (χ1) is 6.88. The molecule has 4 N–H and O–H groups in total. The van der Waals surface area contributed by atoms with E-state index >= 15 is 0 Å². The van der Waals surface area contributed by atoms with Gasteiger partial charge in [-0.05, 0) is 26.0 Å². The fraction of sp³-hybridized carbons (Fsp3) is 0.364. The molecule has 0 aromatic heterocycles. The molecule has 0 bridgehead atoms. The van der Waals surface area contributed by atoms with Gasteiger partial charge in [-0.2, -0.15) is 0 Å². The van der Waals surface area contributed by atoms with E-state index in [-0.39, 0.29) is 18.1 Å². The molecule has 0 radical (unpaired) electrons. The first-order valence-corrected chi connectivity index (χ1v) is 4.75. The van der Waals surface area contributed by atoms with E-state index < -0.39 is 5.54 Å². The molecular formula is C11H16N2O2. The number of para-hydroxylation sites is 2. The van der Waals surface area contributed by atoms with Crippen LogP contribution in [0.15, 0.2) is 24.3 Å². The van der Waals surface area contributed by atoms with Crippen LogP contribution in [0.1, 0.15) is 20.3 Å². The van der Waals surface area contributed by atoms with Crippen LogP contribution in [0, 0.1) is 0 Å². The highest BCUT2D eigenvalue weighted by Crippen LogP contribution is 2.22. The minimum Gasteiger partial charge on any atom is -0.506 e. The zero-order valence-corrected chi connectivity index (χ0v) is 8.95. The maximum absolute atomic E-state index is 11.5. The summed E-state index contributed by atoms with van der Waals surface area (Å²) in [6, 6.07) is 6.58. The van der Waals surface area contributed by atoms with Gasteiger partial charge in [-0.15, -0.1) is 0 Å². The van der Waals surface area contributed by atoms with Crippen LogP contribution in [0.25, 0.3) is 0 Å². The maximum Gasteiger partial charge on any atom is 0.226 e. The molecule has 4 nitrogen and oxygen atoms in total. The van der Waals surface area contributed by atoms with Crippen molar-refractivity contribution in [2.75, 3.05) is 5.32 Å². The molecular weight excluding hydrogens is 192 g/mol. The summed E-state index contributed by atoms with van der Waals surface area (Å²) in [5, 5.41) is 12.0. The summed E-state index contributed by atoms with van der Waals surface area (Å²) in [6.45, 7) is 3.55. The Labute approximate surface area is 89.1 Å². The van der Waals surface area contributed by atoms with Gasteiger partial charge in [0.1, 0.15) is 5.75 Å². The third-order valence-corrected chi connectivity index (χ3v) is 1.79. The van der Waals surface area contributed by atoms with Crippen molar-refractivity contribution in [2.45, 2.75) is 25.8 Å². The fourth-order valence-corrected chi connectivity index (χ4v) is 1.19. The fourth-order valence-electron chi connectivity index (χ4n) is 1.19. The van der Waals surface area contributed by atoms with Crippen LogP contribution in [0.3, 0.4) is 0 Å². The van der Waals surface area contributed by atoms with Crippen LogP contribution in [-0.4, -0.2) is 16.6 Å². The number of anilines is 1. The van der Waals surface area contributed by atoms with E-state index in [1.54, 1.807) is 32.0 Å². The number of phenols is 1. The molecule has 0 saturated heterocycles. The van der Waals surface area contributed by atoms with Gasteiger partial charge in [0.2, 0.25) is 5.91 Å². The molecule has 0 aliphatic carbocycles. The second-order valence-corrected chi connectivity index (χ2v) is 4.23. The summed E-state index contributed by atoms with van der Waals surface area (Å²) < 4.78 is 0. The first kappa shape index (κ1) is 11.5. The highest BCUT2D eigenvalue weighted by atomic mass is 16.3. The lowest BCUT2D eigenvalue weighted by Gasteiger charge is -2.17. The average Bonchev–Trinajstić information content (AvgIpc) is 2.05. The minimum absolute atomic E-state index is 0.0562. The molecule has 1 aromatic rings. The number of rotatable bonds is 3. The highest BCUT2D eigenvalue weighted by Gasteiger charge is 2.16. The maximum atomic E-state index is 11.5. The molecule has 0 atom stereocenters. The van der Waals surface area contributed by atoms with Crippen molar-refractivity contribution in [3.8, 4) is 5.75 Å². The summed E-state index contributed by atoms with van der Waals surface area (Å²) in [6.07, 6.45) is 0.210. The predicted octanol–water partition coefficient (Wildman–Crippen LogP) is 1.46. The Morgan fingerprint density at radius 1 is 1.47 bits per heavy atom. The van der Waals surface area contributed by atoms with E-state index in [4.69, 9.17) is 5.73 Å². The Bertz CT molecular complexity index is 356. The summed E-state index contributed by atoms with van der Waals surface area (Å²) >= 11 is 0. The van der Waals surface area contributed by atoms with Crippen molar-refractivity contribution in [2.24, 2.45) is 5.73 Å². The van der Waals surface area contributed by atoms with Crippen molar-refractivity contribution in [3.05, 3.63) is 24.3 Å². The van der Waals surface area contributed by atoms with Gasteiger partial charge in [-0.1, -0.05) is 12.1 Å². The number of hydrogen-bond acceptors (Lipinski definition) is 3. The van der Waals surface area contributed by atoms with Gasteiger partial charge in [0.05, 0.1) is 5.69 Å². The van der Waals surface area contributed by atoms with Crippen molar-refractivity contribution in [1.29, 1.82) is 0 Å². The van der Waals surface area contributed by atoms with Gasteiger partial charge < -0.3 is 16.2 Å². The molecule has 0 aliphatic rings. The Morgan fingerprint density at radius 2 is 2.07 bits per heavy atom. The normalized spacial score (nSPS) is 11.1. The number of hydrogen-bond donors (Lipinski definition) is 3. The Hall–Kier alpha value is -1.55. The number of phenolic OH excluding ortho intramolecular Hbond substituents is 1. The number of carbonyl (C=O) groups excluding carboxylic acids is 1. The van der Waals surface area contributed by atoms with Gasteiger partial charge in [-0.25, -0.2) is 0 Å². The molecule has 0 fully saturated rings. The van der Waals surface area contributed by atoms with E-state index in [2.05, 4.69) is 5.32 Å². The number of amides is 1. The second-order valence-electron chi connectivity index (χ2n) is 4.23. The van der Waals surface area contributed by atoms with Crippen LogP contribution in [0.2, 0.25) is 0 Å². The Kier molecular flexibility index (Phi) is 3.31. The molecule has 0 heterocycles. The number of benzene rings is 1. The molecule has 0 spiro atoms. The van der Waals surface area contributed by atoms with Crippen molar-refractivity contribution in [3.63, 3.8) is 0 Å². The van der Waals surface area contributed by atoms with Crippen molar-refractivity contribution in [1.82, 2.24) is 0 Å². The Morgan fingerprint density at radius 3 is 2.60 bits per heavy atom. The summed E-state index contributed by atoms with van der Waals surface area (Å²) in [5.41, 5.74) is 5.57. The highest BCUT2D eigenvalue weighted by molar-refractivity contribution is 5.92. The van der Waals surface area contributed by atoms with Crippen LogP contribution in [0.4, 0.5) is 5.69 Å². The number of carbonyl (C=O) groups is 1. The van der Waals surface area contributed by atoms with E-state index in [0.29, 0.717) is 5.69 Å². The summed E-state index contributed by atoms with van der Waals surface area (Å²) in [7, 11) is 0.